The molecule has 1 aromatic rings. The van der Waals surface area contributed by atoms with Crippen LogP contribution in [-0.2, 0) is 0 Å². The Balaban J connectivity index is 1.92. The van der Waals surface area contributed by atoms with E-state index in [1.807, 2.05) is 24.3 Å². The van der Waals surface area contributed by atoms with Gasteiger partial charge in [0.05, 0.1) is 12.2 Å². The highest BCUT2D eigenvalue weighted by atomic mass is 35.5. The van der Waals surface area contributed by atoms with Gasteiger partial charge in [-0.05, 0) is 43.9 Å². The van der Waals surface area contributed by atoms with Crippen LogP contribution in [0.4, 0.5) is 0 Å². The van der Waals surface area contributed by atoms with E-state index in [-0.39, 0.29) is 12.2 Å². The van der Waals surface area contributed by atoms with Gasteiger partial charge in [-0.3, -0.25) is 0 Å². The number of hydrogen-bond acceptors (Lipinski definition) is 2. The van der Waals surface area contributed by atoms with E-state index in [1.165, 1.54) is 0 Å². The first-order valence-electron chi connectivity index (χ1n) is 5.34. The van der Waals surface area contributed by atoms with E-state index in [4.69, 9.17) is 16.3 Å². The maximum Gasteiger partial charge on any atom is 0.121 e. The van der Waals surface area contributed by atoms with E-state index in [0.29, 0.717) is 5.02 Å². The van der Waals surface area contributed by atoms with Gasteiger partial charge in [-0.2, -0.15) is 0 Å². The predicted molar refractivity (Wildman–Crippen MR) is 60.3 cm³/mol. The molecule has 0 saturated heterocycles. The Morgan fingerprint density at radius 2 is 1.93 bits per heavy atom. The van der Waals surface area contributed by atoms with Crippen molar-refractivity contribution in [3.8, 4) is 5.75 Å². The largest absolute Gasteiger partial charge is 0.490 e. The molecule has 0 unspecified atom stereocenters. The number of hydrogen-bond donors (Lipinski definition) is 1. The third-order valence-electron chi connectivity index (χ3n) is 2.74. The lowest BCUT2D eigenvalue weighted by atomic mass is 9.95. The summed E-state index contributed by atoms with van der Waals surface area (Å²) in [5.74, 6) is 0.823. The molecule has 0 aromatic heterocycles. The van der Waals surface area contributed by atoms with Crippen LogP contribution < -0.4 is 4.74 Å². The molecule has 1 aliphatic rings. The second kappa shape index (κ2) is 4.86. The number of benzene rings is 1. The molecule has 1 fully saturated rings. The fourth-order valence-corrected chi connectivity index (χ4v) is 2.08. The van der Waals surface area contributed by atoms with Gasteiger partial charge >= 0.3 is 0 Å². The van der Waals surface area contributed by atoms with Gasteiger partial charge < -0.3 is 9.84 Å². The molecule has 0 amide bonds. The van der Waals surface area contributed by atoms with Crippen molar-refractivity contribution >= 4 is 11.6 Å². The SMILES string of the molecule is OC1CCC(Oc2cccc(Cl)c2)CC1. The molecule has 2 rings (SSSR count). The van der Waals surface area contributed by atoms with E-state index in [1.54, 1.807) is 0 Å². The molecule has 1 aliphatic carbocycles. The number of halogens is 1. The van der Waals surface area contributed by atoms with Crippen LogP contribution in [0.25, 0.3) is 0 Å². The number of aliphatic hydroxyl groups is 1. The molecule has 0 aliphatic heterocycles. The van der Waals surface area contributed by atoms with Crippen LogP contribution in [0.3, 0.4) is 0 Å². The summed E-state index contributed by atoms with van der Waals surface area (Å²) in [6.45, 7) is 0. The summed E-state index contributed by atoms with van der Waals surface area (Å²) in [6, 6.07) is 7.46. The Morgan fingerprint density at radius 3 is 2.60 bits per heavy atom. The van der Waals surface area contributed by atoms with Gasteiger partial charge in [-0.1, -0.05) is 17.7 Å². The van der Waals surface area contributed by atoms with Crippen LogP contribution in [-0.4, -0.2) is 17.3 Å². The highest BCUT2D eigenvalue weighted by molar-refractivity contribution is 6.30. The lowest BCUT2D eigenvalue weighted by molar-refractivity contribution is 0.0666. The first kappa shape index (κ1) is 10.8. The molecule has 1 saturated carbocycles. The van der Waals surface area contributed by atoms with E-state index in [9.17, 15) is 5.11 Å². The summed E-state index contributed by atoms with van der Waals surface area (Å²) in [6.07, 6.45) is 3.62. The zero-order chi connectivity index (χ0) is 10.7. The van der Waals surface area contributed by atoms with Crippen molar-refractivity contribution in [1.82, 2.24) is 0 Å². The average Bonchev–Trinajstić information content (AvgIpc) is 2.22. The van der Waals surface area contributed by atoms with E-state index >= 15 is 0 Å². The van der Waals surface area contributed by atoms with Gasteiger partial charge in [0.25, 0.3) is 0 Å². The second-order valence-electron chi connectivity index (χ2n) is 4.01. The van der Waals surface area contributed by atoms with Crippen LogP contribution >= 0.6 is 11.6 Å². The van der Waals surface area contributed by atoms with Gasteiger partial charge in [-0.25, -0.2) is 0 Å². The fraction of sp³-hybridized carbons (Fsp3) is 0.500. The van der Waals surface area contributed by atoms with E-state index in [0.717, 1.165) is 31.4 Å². The molecule has 1 aromatic carbocycles. The highest BCUT2D eigenvalue weighted by Gasteiger charge is 2.20. The van der Waals surface area contributed by atoms with Gasteiger partial charge in [0.2, 0.25) is 0 Å². The van der Waals surface area contributed by atoms with E-state index in [2.05, 4.69) is 0 Å². The third kappa shape index (κ3) is 3.11. The van der Waals surface area contributed by atoms with Crippen molar-refractivity contribution in [1.29, 1.82) is 0 Å². The standard InChI is InChI=1S/C12H15ClO2/c13-9-2-1-3-12(8-9)15-11-6-4-10(14)5-7-11/h1-3,8,10-11,14H,4-7H2. The summed E-state index contributed by atoms with van der Waals surface area (Å²) in [4.78, 5) is 0. The minimum Gasteiger partial charge on any atom is -0.490 e. The van der Waals surface area contributed by atoms with Crippen molar-refractivity contribution in [3.63, 3.8) is 0 Å². The Labute approximate surface area is 94.8 Å². The minimum absolute atomic E-state index is 0.135. The van der Waals surface area contributed by atoms with Crippen molar-refractivity contribution in [2.75, 3.05) is 0 Å². The summed E-state index contributed by atoms with van der Waals surface area (Å²) in [5, 5.41) is 10.1. The first-order chi connectivity index (χ1) is 7.24. The predicted octanol–water partition coefficient (Wildman–Crippen LogP) is 3.02. The number of rotatable bonds is 2. The molecule has 0 heterocycles. The van der Waals surface area contributed by atoms with Crippen LogP contribution in [0.1, 0.15) is 25.7 Å². The normalized spacial score (nSPS) is 26.3. The van der Waals surface area contributed by atoms with Gasteiger partial charge in [0.15, 0.2) is 0 Å². The highest BCUT2D eigenvalue weighted by Crippen LogP contribution is 2.25. The molecular formula is C12H15ClO2. The zero-order valence-electron chi connectivity index (χ0n) is 8.53. The summed E-state index contributed by atoms with van der Waals surface area (Å²) in [5.41, 5.74) is 0. The Kier molecular flexibility index (Phi) is 3.49. The molecule has 0 atom stereocenters. The minimum atomic E-state index is -0.135. The number of ether oxygens (including phenoxy) is 1. The summed E-state index contributed by atoms with van der Waals surface area (Å²) in [7, 11) is 0. The quantitative estimate of drug-likeness (QED) is 0.840. The topological polar surface area (TPSA) is 29.5 Å². The van der Waals surface area contributed by atoms with Crippen LogP contribution in [0.15, 0.2) is 24.3 Å². The lowest BCUT2D eigenvalue weighted by Crippen LogP contribution is -2.26. The molecule has 0 radical (unpaired) electrons. The molecule has 2 nitrogen and oxygen atoms in total. The Hall–Kier alpha value is -0.730. The lowest BCUT2D eigenvalue weighted by Gasteiger charge is -2.26. The van der Waals surface area contributed by atoms with Crippen LogP contribution in [0, 0.1) is 0 Å². The summed E-state index contributed by atoms with van der Waals surface area (Å²) >= 11 is 5.87. The van der Waals surface area contributed by atoms with Crippen molar-refractivity contribution in [2.24, 2.45) is 0 Å². The monoisotopic (exact) mass is 226 g/mol. The molecule has 1 N–H and O–H groups in total. The number of aliphatic hydroxyl groups excluding tert-OH is 1. The van der Waals surface area contributed by atoms with Gasteiger partial charge in [0.1, 0.15) is 5.75 Å². The van der Waals surface area contributed by atoms with Gasteiger partial charge in [-0.15, -0.1) is 0 Å². The van der Waals surface area contributed by atoms with Gasteiger partial charge in [0, 0.05) is 5.02 Å². The molecule has 3 heteroatoms. The molecule has 0 spiro atoms. The van der Waals surface area contributed by atoms with Crippen molar-refractivity contribution < 1.29 is 9.84 Å². The maximum absolute atomic E-state index is 9.36. The smallest absolute Gasteiger partial charge is 0.121 e. The Bertz CT molecular complexity index is 319. The summed E-state index contributed by atoms with van der Waals surface area (Å²) < 4.78 is 5.79. The first-order valence-corrected chi connectivity index (χ1v) is 5.72. The van der Waals surface area contributed by atoms with Crippen LogP contribution in [0.2, 0.25) is 5.02 Å². The molecule has 0 bridgehead atoms. The second-order valence-corrected chi connectivity index (χ2v) is 4.44. The molecule has 82 valence electrons. The van der Waals surface area contributed by atoms with E-state index < -0.39 is 0 Å². The van der Waals surface area contributed by atoms with Crippen molar-refractivity contribution in [3.05, 3.63) is 29.3 Å². The van der Waals surface area contributed by atoms with Crippen LogP contribution in [0.5, 0.6) is 5.75 Å². The van der Waals surface area contributed by atoms with Crippen molar-refractivity contribution in [2.45, 2.75) is 37.9 Å². The third-order valence-corrected chi connectivity index (χ3v) is 2.98. The Morgan fingerprint density at radius 1 is 1.20 bits per heavy atom. The average molecular weight is 227 g/mol. The maximum atomic E-state index is 9.36. The molecular weight excluding hydrogens is 212 g/mol. The zero-order valence-corrected chi connectivity index (χ0v) is 9.28. The fourth-order valence-electron chi connectivity index (χ4n) is 1.90. The molecule has 15 heavy (non-hydrogen) atoms.